The number of para-hydroxylation sites is 2. The number of aromatic nitrogens is 1. The van der Waals surface area contributed by atoms with E-state index in [2.05, 4.69) is 15.8 Å². The molecule has 0 unspecified atom stereocenters. The zero-order chi connectivity index (χ0) is 15.1. The smallest absolute Gasteiger partial charge is 0.278 e. The Labute approximate surface area is 123 Å². The first-order valence-corrected chi connectivity index (χ1v) is 6.53. The molecule has 0 aliphatic carbocycles. The van der Waals surface area contributed by atoms with Gasteiger partial charge in [0.15, 0.2) is 0 Å². The third-order valence-corrected chi connectivity index (χ3v) is 2.72. The van der Waals surface area contributed by atoms with E-state index in [1.807, 2.05) is 24.3 Å². The maximum Gasteiger partial charge on any atom is 0.278 e. The van der Waals surface area contributed by atoms with E-state index in [0.717, 1.165) is 5.69 Å². The summed E-state index contributed by atoms with van der Waals surface area (Å²) in [4.78, 5) is 21.1. The van der Waals surface area contributed by atoms with Gasteiger partial charge in [-0.05, 0) is 31.2 Å². The van der Waals surface area contributed by atoms with Gasteiger partial charge in [0.05, 0.1) is 25.0 Å². The van der Waals surface area contributed by atoms with E-state index < -0.39 is 0 Å². The topological polar surface area (TPSA) is 72.5 Å². The molecule has 6 heteroatoms. The highest BCUT2D eigenvalue weighted by Gasteiger charge is 2.13. The Morgan fingerprint density at radius 3 is 2.81 bits per heavy atom. The number of amides is 1. The molecule has 0 saturated carbocycles. The minimum absolute atomic E-state index is 0.359. The van der Waals surface area contributed by atoms with Crippen LogP contribution in [0.1, 0.15) is 17.3 Å². The first kappa shape index (κ1) is 14.8. The summed E-state index contributed by atoms with van der Waals surface area (Å²) in [6, 6.07) is 10.8. The van der Waals surface area contributed by atoms with Crippen LogP contribution in [-0.2, 0) is 4.84 Å². The summed E-state index contributed by atoms with van der Waals surface area (Å²) in [5, 5.41) is 3.10. The van der Waals surface area contributed by atoms with E-state index in [1.165, 1.54) is 0 Å². The summed E-state index contributed by atoms with van der Waals surface area (Å²) in [7, 11) is 1.58. The van der Waals surface area contributed by atoms with Gasteiger partial charge >= 0.3 is 0 Å². The fourth-order valence-corrected chi connectivity index (χ4v) is 1.76. The van der Waals surface area contributed by atoms with Crippen molar-refractivity contribution in [2.75, 3.05) is 19.0 Å². The molecule has 0 fully saturated rings. The van der Waals surface area contributed by atoms with E-state index in [9.17, 15) is 4.79 Å². The van der Waals surface area contributed by atoms with Gasteiger partial charge in [0.1, 0.15) is 11.6 Å². The Kier molecular flexibility index (Phi) is 5.11. The normalized spacial score (nSPS) is 10.0. The molecular formula is C15H17N3O3. The lowest BCUT2D eigenvalue weighted by Crippen LogP contribution is -2.24. The van der Waals surface area contributed by atoms with Gasteiger partial charge in [-0.3, -0.25) is 9.63 Å². The second-order valence-electron chi connectivity index (χ2n) is 4.09. The number of benzene rings is 1. The second-order valence-corrected chi connectivity index (χ2v) is 4.09. The Bertz CT molecular complexity index is 617. The van der Waals surface area contributed by atoms with E-state index in [1.54, 1.807) is 32.4 Å². The van der Waals surface area contributed by atoms with Gasteiger partial charge in [-0.15, -0.1) is 0 Å². The van der Waals surface area contributed by atoms with Crippen LogP contribution < -0.4 is 15.5 Å². The minimum Gasteiger partial charge on any atom is -0.495 e. The van der Waals surface area contributed by atoms with Gasteiger partial charge in [-0.2, -0.15) is 0 Å². The molecule has 1 heterocycles. The van der Waals surface area contributed by atoms with Crippen molar-refractivity contribution in [3.63, 3.8) is 0 Å². The number of pyridine rings is 1. The van der Waals surface area contributed by atoms with E-state index >= 15 is 0 Å². The number of nitrogens with one attached hydrogen (secondary N) is 2. The first-order valence-electron chi connectivity index (χ1n) is 6.53. The van der Waals surface area contributed by atoms with Crippen LogP contribution in [0, 0.1) is 0 Å². The maximum absolute atomic E-state index is 12.0. The predicted octanol–water partition coefficient (Wildman–Crippen LogP) is 2.52. The highest BCUT2D eigenvalue weighted by Crippen LogP contribution is 2.27. The lowest BCUT2D eigenvalue weighted by Gasteiger charge is -2.13. The van der Waals surface area contributed by atoms with E-state index in [4.69, 9.17) is 9.57 Å². The van der Waals surface area contributed by atoms with Crippen LogP contribution in [0.5, 0.6) is 5.75 Å². The van der Waals surface area contributed by atoms with Gasteiger partial charge in [-0.25, -0.2) is 10.5 Å². The van der Waals surface area contributed by atoms with Crippen molar-refractivity contribution in [3.05, 3.63) is 48.2 Å². The number of hydrogen-bond donors (Lipinski definition) is 2. The van der Waals surface area contributed by atoms with Crippen LogP contribution in [0.15, 0.2) is 42.6 Å². The third kappa shape index (κ3) is 3.70. The van der Waals surface area contributed by atoms with Gasteiger partial charge in [0.2, 0.25) is 0 Å². The number of methoxy groups -OCH3 is 1. The van der Waals surface area contributed by atoms with Gasteiger partial charge in [-0.1, -0.05) is 12.1 Å². The Morgan fingerprint density at radius 2 is 2.05 bits per heavy atom. The highest BCUT2D eigenvalue weighted by atomic mass is 16.6. The fraction of sp³-hybridized carbons (Fsp3) is 0.200. The monoisotopic (exact) mass is 287 g/mol. The third-order valence-electron chi connectivity index (χ3n) is 2.72. The zero-order valence-corrected chi connectivity index (χ0v) is 11.9. The van der Waals surface area contributed by atoms with E-state index in [0.29, 0.717) is 23.7 Å². The number of nitrogens with zero attached hydrogens (tertiary/aromatic N) is 1. The largest absolute Gasteiger partial charge is 0.495 e. The summed E-state index contributed by atoms with van der Waals surface area (Å²) in [5.74, 6) is 0.737. The number of ether oxygens (including phenoxy) is 1. The fourth-order valence-electron chi connectivity index (χ4n) is 1.76. The van der Waals surface area contributed by atoms with Crippen LogP contribution in [-0.4, -0.2) is 24.6 Å². The zero-order valence-electron chi connectivity index (χ0n) is 11.9. The molecule has 1 aromatic carbocycles. The number of anilines is 2. The van der Waals surface area contributed by atoms with Crippen molar-refractivity contribution in [2.24, 2.45) is 0 Å². The average molecular weight is 287 g/mol. The quantitative estimate of drug-likeness (QED) is 0.799. The molecule has 21 heavy (non-hydrogen) atoms. The Hall–Kier alpha value is -2.60. The molecule has 2 N–H and O–H groups in total. The number of hydroxylamine groups is 1. The molecule has 0 atom stereocenters. The Balaban J connectivity index is 2.26. The molecule has 1 amide bonds. The molecule has 6 nitrogen and oxygen atoms in total. The summed E-state index contributed by atoms with van der Waals surface area (Å²) >= 11 is 0. The molecule has 0 bridgehead atoms. The van der Waals surface area contributed by atoms with Crippen LogP contribution in [0.4, 0.5) is 11.5 Å². The van der Waals surface area contributed by atoms with Gasteiger partial charge in [0.25, 0.3) is 5.91 Å². The molecule has 0 aliphatic rings. The lowest BCUT2D eigenvalue weighted by molar-refractivity contribution is 0.0365. The molecule has 0 aliphatic heterocycles. The summed E-state index contributed by atoms with van der Waals surface area (Å²) in [6.45, 7) is 2.18. The summed E-state index contributed by atoms with van der Waals surface area (Å²) in [5.41, 5.74) is 3.47. The average Bonchev–Trinajstić information content (AvgIpc) is 2.53. The first-order chi connectivity index (χ1) is 10.3. The summed E-state index contributed by atoms with van der Waals surface area (Å²) in [6.07, 6.45) is 1.61. The molecule has 1 aromatic heterocycles. The van der Waals surface area contributed by atoms with Crippen molar-refractivity contribution in [3.8, 4) is 5.75 Å². The van der Waals surface area contributed by atoms with Crippen molar-refractivity contribution < 1.29 is 14.4 Å². The molecule has 2 rings (SSSR count). The second kappa shape index (κ2) is 7.25. The van der Waals surface area contributed by atoms with Crippen molar-refractivity contribution >= 4 is 17.4 Å². The van der Waals surface area contributed by atoms with Crippen LogP contribution >= 0.6 is 0 Å². The van der Waals surface area contributed by atoms with Gasteiger partial charge < -0.3 is 10.1 Å². The van der Waals surface area contributed by atoms with Crippen molar-refractivity contribution in [1.82, 2.24) is 10.5 Å². The molecule has 0 spiro atoms. The number of carbonyl (C=O) groups excluding carboxylic acids is 1. The van der Waals surface area contributed by atoms with Crippen LogP contribution in [0.3, 0.4) is 0 Å². The maximum atomic E-state index is 12.0. The number of rotatable bonds is 6. The molecule has 110 valence electrons. The Morgan fingerprint density at radius 1 is 1.24 bits per heavy atom. The lowest BCUT2D eigenvalue weighted by atomic mass is 10.2. The number of hydrogen-bond acceptors (Lipinski definition) is 5. The molecular weight excluding hydrogens is 270 g/mol. The molecule has 0 radical (unpaired) electrons. The van der Waals surface area contributed by atoms with Gasteiger partial charge in [0, 0.05) is 6.20 Å². The predicted molar refractivity (Wildman–Crippen MR) is 79.6 cm³/mol. The minimum atomic E-state index is -0.359. The van der Waals surface area contributed by atoms with E-state index in [-0.39, 0.29) is 5.91 Å². The molecule has 0 saturated heterocycles. The molecule has 2 aromatic rings. The number of carbonyl (C=O) groups is 1. The SMILES string of the molecule is CCONC(=O)c1cccnc1Nc1ccccc1OC. The highest BCUT2D eigenvalue weighted by molar-refractivity contribution is 5.98. The summed E-state index contributed by atoms with van der Waals surface area (Å²) < 4.78 is 5.27. The standard InChI is InChI=1S/C15H17N3O3/c1-3-21-18-15(19)11-7-6-10-16-14(11)17-12-8-4-5-9-13(12)20-2/h4-10H,3H2,1-2H3,(H,16,17)(H,18,19). The van der Waals surface area contributed by atoms with Crippen LogP contribution in [0.25, 0.3) is 0 Å². The van der Waals surface area contributed by atoms with Crippen LogP contribution in [0.2, 0.25) is 0 Å². The van der Waals surface area contributed by atoms with Crippen molar-refractivity contribution in [2.45, 2.75) is 6.92 Å². The van der Waals surface area contributed by atoms with Crippen molar-refractivity contribution in [1.29, 1.82) is 0 Å².